The number of para-hydroxylation sites is 1. The van der Waals surface area contributed by atoms with E-state index < -0.39 is 17.8 Å². The van der Waals surface area contributed by atoms with Crippen LogP contribution in [0.25, 0.3) is 0 Å². The van der Waals surface area contributed by atoms with Crippen molar-refractivity contribution in [1.29, 1.82) is 0 Å². The van der Waals surface area contributed by atoms with E-state index in [9.17, 15) is 14.4 Å². The number of rotatable bonds is 6. The zero-order valence-electron chi connectivity index (χ0n) is 17.5. The minimum atomic E-state index is -0.518. The predicted molar refractivity (Wildman–Crippen MR) is 120 cm³/mol. The van der Waals surface area contributed by atoms with Gasteiger partial charge in [0.15, 0.2) is 11.5 Å². The van der Waals surface area contributed by atoms with Crippen LogP contribution in [0.5, 0.6) is 11.5 Å². The predicted octanol–water partition coefficient (Wildman–Crippen LogP) is 3.42. The summed E-state index contributed by atoms with van der Waals surface area (Å²) in [5.74, 6) is -0.153. The second-order valence-corrected chi connectivity index (χ2v) is 6.50. The van der Waals surface area contributed by atoms with E-state index in [0.717, 1.165) is 0 Å². The Morgan fingerprint density at radius 2 is 1.16 bits per heavy atom. The number of hydrogen-bond acceptors (Lipinski definition) is 5. The third-order valence-corrected chi connectivity index (χ3v) is 4.37. The first-order valence-electron chi connectivity index (χ1n) is 9.56. The molecule has 0 saturated heterocycles. The number of methoxy groups -OCH3 is 2. The van der Waals surface area contributed by atoms with Gasteiger partial charge in [-0.2, -0.15) is 0 Å². The molecule has 0 unspecified atom stereocenters. The molecule has 0 atom stereocenters. The fraction of sp³-hybridized carbons (Fsp3) is 0.0870. The maximum Gasteiger partial charge on any atom is 0.323 e. The first kappa shape index (κ1) is 22.2. The first-order chi connectivity index (χ1) is 15.5. The van der Waals surface area contributed by atoms with Gasteiger partial charge in [-0.05, 0) is 54.6 Å². The summed E-state index contributed by atoms with van der Waals surface area (Å²) in [6.45, 7) is 0. The highest BCUT2D eigenvalue weighted by Crippen LogP contribution is 2.27. The van der Waals surface area contributed by atoms with Crippen molar-refractivity contribution in [2.75, 3.05) is 24.9 Å². The van der Waals surface area contributed by atoms with Crippen molar-refractivity contribution in [2.24, 2.45) is 0 Å². The Bertz CT molecular complexity index is 1100. The summed E-state index contributed by atoms with van der Waals surface area (Å²) in [6, 6.07) is 19.4. The number of hydrazine groups is 1. The lowest BCUT2D eigenvalue weighted by atomic mass is 10.2. The highest BCUT2D eigenvalue weighted by molar-refractivity contribution is 6.01. The van der Waals surface area contributed by atoms with Crippen LogP contribution >= 0.6 is 0 Å². The third kappa shape index (κ3) is 5.76. The van der Waals surface area contributed by atoms with Crippen molar-refractivity contribution in [3.05, 3.63) is 83.9 Å². The Kier molecular flexibility index (Phi) is 7.26. The fourth-order valence-electron chi connectivity index (χ4n) is 2.76. The van der Waals surface area contributed by atoms with Crippen molar-refractivity contribution in [3.8, 4) is 11.5 Å². The summed E-state index contributed by atoms with van der Waals surface area (Å²) in [4.78, 5) is 36.6. The third-order valence-electron chi connectivity index (χ3n) is 4.37. The number of ether oxygens (including phenoxy) is 2. The van der Waals surface area contributed by atoms with E-state index in [4.69, 9.17) is 9.47 Å². The molecule has 0 aromatic heterocycles. The SMILES string of the molecule is COc1ccc(C(=O)NNC(=O)c2ccc(NC(=O)Nc3ccccc3)cc2)cc1OC. The maximum atomic E-state index is 12.3. The molecular weight excluding hydrogens is 412 g/mol. The van der Waals surface area contributed by atoms with E-state index in [1.54, 1.807) is 36.4 Å². The lowest BCUT2D eigenvalue weighted by molar-refractivity contribution is 0.0846. The van der Waals surface area contributed by atoms with Crippen LogP contribution in [0.3, 0.4) is 0 Å². The Hall–Kier alpha value is -4.53. The number of benzene rings is 3. The molecule has 4 amide bonds. The van der Waals surface area contributed by atoms with Gasteiger partial charge in [0.1, 0.15) is 0 Å². The van der Waals surface area contributed by atoms with Gasteiger partial charge in [0.05, 0.1) is 14.2 Å². The molecule has 9 nitrogen and oxygen atoms in total. The molecule has 164 valence electrons. The number of carbonyl (C=O) groups excluding carboxylic acids is 3. The van der Waals surface area contributed by atoms with Crippen LogP contribution in [0.4, 0.5) is 16.2 Å². The van der Waals surface area contributed by atoms with Crippen LogP contribution in [0.1, 0.15) is 20.7 Å². The van der Waals surface area contributed by atoms with Crippen LogP contribution < -0.4 is 31.0 Å². The van der Waals surface area contributed by atoms with Crippen LogP contribution in [0.2, 0.25) is 0 Å². The standard InChI is InChI=1S/C23H22N4O5/c1-31-19-13-10-16(14-20(19)32-2)22(29)27-26-21(28)15-8-11-18(12-9-15)25-23(30)24-17-6-4-3-5-7-17/h3-14H,1-2H3,(H,26,28)(H,27,29)(H2,24,25,30). The summed E-state index contributed by atoms with van der Waals surface area (Å²) >= 11 is 0. The van der Waals surface area contributed by atoms with Gasteiger partial charge in [0.25, 0.3) is 11.8 Å². The van der Waals surface area contributed by atoms with E-state index in [1.807, 2.05) is 18.2 Å². The van der Waals surface area contributed by atoms with Crippen molar-refractivity contribution in [3.63, 3.8) is 0 Å². The molecule has 0 bridgehead atoms. The molecule has 0 aliphatic rings. The zero-order valence-corrected chi connectivity index (χ0v) is 17.5. The normalized spacial score (nSPS) is 9.94. The van der Waals surface area contributed by atoms with Crippen LogP contribution in [0, 0.1) is 0 Å². The maximum absolute atomic E-state index is 12.3. The Morgan fingerprint density at radius 3 is 1.75 bits per heavy atom. The molecular formula is C23H22N4O5. The molecule has 0 fully saturated rings. The second-order valence-electron chi connectivity index (χ2n) is 6.50. The summed E-state index contributed by atoms with van der Waals surface area (Å²) in [5, 5.41) is 5.37. The number of carbonyl (C=O) groups is 3. The molecule has 32 heavy (non-hydrogen) atoms. The highest BCUT2D eigenvalue weighted by Gasteiger charge is 2.12. The van der Waals surface area contributed by atoms with Crippen molar-refractivity contribution in [2.45, 2.75) is 0 Å². The monoisotopic (exact) mass is 434 g/mol. The van der Waals surface area contributed by atoms with Gasteiger partial charge >= 0.3 is 6.03 Å². The minimum absolute atomic E-state index is 0.284. The van der Waals surface area contributed by atoms with Crippen LogP contribution in [-0.4, -0.2) is 32.1 Å². The second kappa shape index (κ2) is 10.5. The molecule has 0 aliphatic heterocycles. The molecule has 0 radical (unpaired) electrons. The molecule has 3 aromatic carbocycles. The van der Waals surface area contributed by atoms with Gasteiger partial charge in [-0.3, -0.25) is 20.4 Å². The highest BCUT2D eigenvalue weighted by atomic mass is 16.5. The number of urea groups is 1. The molecule has 0 spiro atoms. The molecule has 4 N–H and O–H groups in total. The lowest BCUT2D eigenvalue weighted by Crippen LogP contribution is -2.41. The van der Waals surface area contributed by atoms with Gasteiger partial charge < -0.3 is 20.1 Å². The number of nitrogens with one attached hydrogen (secondary N) is 4. The smallest absolute Gasteiger partial charge is 0.323 e. The van der Waals surface area contributed by atoms with E-state index in [0.29, 0.717) is 28.4 Å². The van der Waals surface area contributed by atoms with Crippen molar-refractivity contribution < 1.29 is 23.9 Å². The molecule has 0 heterocycles. The van der Waals surface area contributed by atoms with Crippen molar-refractivity contribution >= 4 is 29.2 Å². The minimum Gasteiger partial charge on any atom is -0.493 e. The number of hydrogen-bond donors (Lipinski definition) is 4. The van der Waals surface area contributed by atoms with Gasteiger partial charge in [-0.25, -0.2) is 4.79 Å². The number of amides is 4. The Labute approximate surface area is 184 Å². The molecule has 3 aromatic rings. The molecule has 0 saturated carbocycles. The Morgan fingerprint density at radius 1 is 0.625 bits per heavy atom. The van der Waals surface area contributed by atoms with Gasteiger partial charge in [0.2, 0.25) is 0 Å². The molecule has 0 aliphatic carbocycles. The van der Waals surface area contributed by atoms with Crippen molar-refractivity contribution in [1.82, 2.24) is 10.9 Å². The largest absolute Gasteiger partial charge is 0.493 e. The Balaban J connectivity index is 1.53. The van der Waals surface area contributed by atoms with Gasteiger partial charge in [0, 0.05) is 22.5 Å². The van der Waals surface area contributed by atoms with E-state index in [2.05, 4.69) is 21.5 Å². The van der Waals surface area contributed by atoms with Crippen LogP contribution in [-0.2, 0) is 0 Å². The van der Waals surface area contributed by atoms with E-state index >= 15 is 0 Å². The van der Waals surface area contributed by atoms with Gasteiger partial charge in [-0.15, -0.1) is 0 Å². The summed E-state index contributed by atoms with van der Waals surface area (Å²) in [6.07, 6.45) is 0. The van der Waals surface area contributed by atoms with E-state index in [1.165, 1.54) is 32.4 Å². The first-order valence-corrected chi connectivity index (χ1v) is 9.56. The van der Waals surface area contributed by atoms with Gasteiger partial charge in [-0.1, -0.05) is 18.2 Å². The lowest BCUT2D eigenvalue weighted by Gasteiger charge is -2.11. The zero-order chi connectivity index (χ0) is 22.9. The quantitative estimate of drug-likeness (QED) is 0.444. The topological polar surface area (TPSA) is 118 Å². The summed E-state index contributed by atoms with van der Waals surface area (Å²) in [7, 11) is 2.96. The van der Waals surface area contributed by atoms with E-state index in [-0.39, 0.29) is 5.56 Å². The summed E-state index contributed by atoms with van der Waals surface area (Å²) in [5.41, 5.74) is 6.44. The molecule has 9 heteroatoms. The number of anilines is 2. The average Bonchev–Trinajstić information content (AvgIpc) is 2.82. The van der Waals surface area contributed by atoms with Crippen LogP contribution in [0.15, 0.2) is 72.8 Å². The molecule has 3 rings (SSSR count). The summed E-state index contributed by atoms with van der Waals surface area (Å²) < 4.78 is 10.3. The fourth-order valence-corrected chi connectivity index (χ4v) is 2.76. The average molecular weight is 434 g/mol.